The lowest BCUT2D eigenvalue weighted by atomic mass is 10.1. The number of carbonyl (C=O) groups excluding carboxylic acids is 1. The van der Waals surface area contributed by atoms with Gasteiger partial charge in [-0.15, -0.1) is 0 Å². The Balaban J connectivity index is 2.59. The topological polar surface area (TPSA) is 55.1 Å². The average molecular weight is 202 g/mol. The molecule has 1 aromatic rings. The number of nitrogens with one attached hydrogen (secondary N) is 1. The van der Waals surface area contributed by atoms with Gasteiger partial charge in [-0.3, -0.25) is 4.79 Å². The molecular weight excluding hydrogens is 188 g/mol. The van der Waals surface area contributed by atoms with Gasteiger partial charge < -0.3 is 11.1 Å². The van der Waals surface area contributed by atoms with E-state index in [-0.39, 0.29) is 5.91 Å². The van der Waals surface area contributed by atoms with Gasteiger partial charge in [0.2, 0.25) is 5.91 Å². The van der Waals surface area contributed by atoms with Crippen LogP contribution < -0.4 is 11.1 Å². The van der Waals surface area contributed by atoms with Crippen LogP contribution >= 0.6 is 0 Å². The Morgan fingerprint density at radius 1 is 1.53 bits per heavy atom. The molecule has 0 spiro atoms. The molecule has 0 aliphatic carbocycles. The Kier molecular flexibility index (Phi) is 4.39. The molecule has 0 saturated carbocycles. The fourth-order valence-corrected chi connectivity index (χ4v) is 1.09. The summed E-state index contributed by atoms with van der Waals surface area (Å²) < 4.78 is 0. The van der Waals surface area contributed by atoms with Crippen LogP contribution in [0.4, 0.5) is 0 Å². The lowest BCUT2D eigenvalue weighted by Crippen LogP contribution is -2.19. The second kappa shape index (κ2) is 5.84. The molecule has 0 saturated heterocycles. The van der Waals surface area contributed by atoms with E-state index in [1.54, 1.807) is 0 Å². The van der Waals surface area contributed by atoms with Crippen molar-refractivity contribution < 1.29 is 4.79 Å². The summed E-state index contributed by atoms with van der Waals surface area (Å²) in [6, 6.07) is 7.74. The predicted octanol–water partition coefficient (Wildman–Crippen LogP) is 0.633. The van der Waals surface area contributed by atoms with Crippen molar-refractivity contribution in [3.8, 4) is 11.8 Å². The molecule has 1 aromatic carbocycles. The number of rotatable bonds is 2. The summed E-state index contributed by atoms with van der Waals surface area (Å²) >= 11 is 0. The highest BCUT2D eigenvalue weighted by Crippen LogP contribution is 2.02. The molecule has 0 radical (unpaired) electrons. The van der Waals surface area contributed by atoms with Gasteiger partial charge in [-0.2, -0.15) is 0 Å². The Morgan fingerprint density at radius 2 is 2.33 bits per heavy atom. The van der Waals surface area contributed by atoms with Crippen LogP contribution in [0.2, 0.25) is 0 Å². The molecule has 3 N–H and O–H groups in total. The van der Waals surface area contributed by atoms with Crippen molar-refractivity contribution in [2.75, 3.05) is 6.54 Å². The molecule has 0 heterocycles. The van der Waals surface area contributed by atoms with Crippen molar-refractivity contribution in [3.63, 3.8) is 0 Å². The van der Waals surface area contributed by atoms with Crippen molar-refractivity contribution in [1.29, 1.82) is 0 Å². The summed E-state index contributed by atoms with van der Waals surface area (Å²) in [5.41, 5.74) is 7.48. The normalized spacial score (nSPS) is 8.93. The lowest BCUT2D eigenvalue weighted by Gasteiger charge is -1.96. The molecule has 15 heavy (non-hydrogen) atoms. The standard InChI is InChI=1S/C12H14N2O/c1-10(15)14-7-3-6-11-4-2-5-12(8-11)9-13/h2,4-5,8H,7,9,13H2,1H3,(H,14,15). The van der Waals surface area contributed by atoms with Crippen LogP contribution in [0.15, 0.2) is 24.3 Å². The minimum Gasteiger partial charge on any atom is -0.345 e. The van der Waals surface area contributed by atoms with Crippen LogP contribution in [0.1, 0.15) is 18.1 Å². The maximum atomic E-state index is 10.6. The first-order valence-electron chi connectivity index (χ1n) is 4.74. The van der Waals surface area contributed by atoms with E-state index >= 15 is 0 Å². The summed E-state index contributed by atoms with van der Waals surface area (Å²) in [7, 11) is 0. The number of benzene rings is 1. The Bertz CT molecular complexity index is 402. The first kappa shape index (κ1) is 11.3. The van der Waals surface area contributed by atoms with Crippen molar-refractivity contribution in [2.24, 2.45) is 5.73 Å². The van der Waals surface area contributed by atoms with Gasteiger partial charge in [0, 0.05) is 19.0 Å². The van der Waals surface area contributed by atoms with E-state index in [4.69, 9.17) is 5.73 Å². The zero-order valence-electron chi connectivity index (χ0n) is 8.71. The molecule has 1 rings (SSSR count). The molecule has 3 heteroatoms. The summed E-state index contributed by atoms with van der Waals surface area (Å²) in [6.45, 7) is 2.36. The SMILES string of the molecule is CC(=O)NCC#Cc1cccc(CN)c1. The number of hydrogen-bond acceptors (Lipinski definition) is 2. The maximum Gasteiger partial charge on any atom is 0.217 e. The van der Waals surface area contributed by atoms with E-state index < -0.39 is 0 Å². The summed E-state index contributed by atoms with van der Waals surface area (Å²) in [5, 5.41) is 2.61. The van der Waals surface area contributed by atoms with Gasteiger partial charge >= 0.3 is 0 Å². The number of amides is 1. The minimum absolute atomic E-state index is 0.0694. The van der Waals surface area contributed by atoms with E-state index in [2.05, 4.69) is 17.2 Å². The second-order valence-corrected chi connectivity index (χ2v) is 3.12. The summed E-state index contributed by atoms with van der Waals surface area (Å²) in [6.07, 6.45) is 0. The highest BCUT2D eigenvalue weighted by Gasteiger charge is 1.90. The third kappa shape index (κ3) is 4.30. The van der Waals surface area contributed by atoms with Gasteiger partial charge in [0.05, 0.1) is 6.54 Å². The third-order valence-corrected chi connectivity index (χ3v) is 1.82. The third-order valence-electron chi connectivity index (χ3n) is 1.82. The van der Waals surface area contributed by atoms with Crippen molar-refractivity contribution >= 4 is 5.91 Å². The second-order valence-electron chi connectivity index (χ2n) is 3.12. The average Bonchev–Trinajstić information content (AvgIpc) is 2.24. The fourth-order valence-electron chi connectivity index (χ4n) is 1.09. The smallest absolute Gasteiger partial charge is 0.217 e. The molecule has 0 aromatic heterocycles. The first-order chi connectivity index (χ1) is 7.22. The lowest BCUT2D eigenvalue weighted by molar-refractivity contribution is -0.118. The first-order valence-corrected chi connectivity index (χ1v) is 4.74. The largest absolute Gasteiger partial charge is 0.345 e. The van der Waals surface area contributed by atoms with Crippen LogP contribution in [0, 0.1) is 11.8 Å². The Labute approximate surface area is 89.7 Å². The molecule has 3 nitrogen and oxygen atoms in total. The monoisotopic (exact) mass is 202 g/mol. The number of hydrogen-bond donors (Lipinski definition) is 2. The van der Waals surface area contributed by atoms with Crippen molar-refractivity contribution in [1.82, 2.24) is 5.32 Å². The van der Waals surface area contributed by atoms with Gasteiger partial charge in [-0.1, -0.05) is 24.0 Å². The van der Waals surface area contributed by atoms with Gasteiger partial charge in [-0.05, 0) is 17.7 Å². The van der Waals surface area contributed by atoms with Gasteiger partial charge in [-0.25, -0.2) is 0 Å². The molecule has 1 amide bonds. The van der Waals surface area contributed by atoms with Crippen LogP contribution in [0.25, 0.3) is 0 Å². The zero-order chi connectivity index (χ0) is 11.1. The summed E-state index contributed by atoms with van der Waals surface area (Å²) in [4.78, 5) is 10.6. The van der Waals surface area contributed by atoms with Gasteiger partial charge in [0.25, 0.3) is 0 Å². The van der Waals surface area contributed by atoms with E-state index in [9.17, 15) is 4.79 Å². The quantitative estimate of drug-likeness (QED) is 0.691. The molecule has 0 aliphatic heterocycles. The molecular formula is C12H14N2O. The maximum absolute atomic E-state index is 10.6. The zero-order valence-corrected chi connectivity index (χ0v) is 8.71. The highest BCUT2D eigenvalue weighted by atomic mass is 16.1. The van der Waals surface area contributed by atoms with Crippen LogP contribution in [0.3, 0.4) is 0 Å². The molecule has 78 valence electrons. The summed E-state index contributed by atoms with van der Waals surface area (Å²) in [5.74, 6) is 5.75. The highest BCUT2D eigenvalue weighted by molar-refractivity contribution is 5.73. The van der Waals surface area contributed by atoms with E-state index in [1.807, 2.05) is 24.3 Å². The minimum atomic E-state index is -0.0694. The molecule has 0 unspecified atom stereocenters. The Morgan fingerprint density at radius 3 is 3.00 bits per heavy atom. The van der Waals surface area contributed by atoms with Crippen molar-refractivity contribution in [2.45, 2.75) is 13.5 Å². The van der Waals surface area contributed by atoms with Gasteiger partial charge in [0.15, 0.2) is 0 Å². The van der Waals surface area contributed by atoms with Gasteiger partial charge in [0.1, 0.15) is 0 Å². The molecule has 0 aliphatic rings. The predicted molar refractivity (Wildman–Crippen MR) is 59.9 cm³/mol. The number of nitrogens with two attached hydrogens (primary N) is 1. The molecule has 0 bridgehead atoms. The number of carbonyl (C=O) groups is 1. The molecule has 0 atom stereocenters. The fraction of sp³-hybridized carbons (Fsp3) is 0.250. The van der Waals surface area contributed by atoms with Crippen molar-refractivity contribution in [3.05, 3.63) is 35.4 Å². The van der Waals surface area contributed by atoms with E-state index in [1.165, 1.54) is 6.92 Å². The van der Waals surface area contributed by atoms with Crippen LogP contribution in [-0.4, -0.2) is 12.5 Å². The molecule has 0 fully saturated rings. The van der Waals surface area contributed by atoms with Crippen LogP contribution in [-0.2, 0) is 11.3 Å². The van der Waals surface area contributed by atoms with E-state index in [0.717, 1.165) is 11.1 Å². The van der Waals surface area contributed by atoms with E-state index in [0.29, 0.717) is 13.1 Å². The Hall–Kier alpha value is -1.79. The van der Waals surface area contributed by atoms with Crippen LogP contribution in [0.5, 0.6) is 0 Å².